The quantitative estimate of drug-likeness (QED) is 0.174. The number of hydrogen-bond donors (Lipinski definition) is 0. The highest BCUT2D eigenvalue weighted by Gasteiger charge is 2.18. The van der Waals surface area contributed by atoms with Gasteiger partial charge in [0.1, 0.15) is 11.2 Å². The molecule has 0 atom stereocenters. The van der Waals surface area contributed by atoms with E-state index in [0.717, 1.165) is 93.7 Å². The van der Waals surface area contributed by atoms with Crippen molar-refractivity contribution >= 4 is 65.3 Å². The SMILES string of the molecule is c1ccc2cc(-c3nc(-c4ccc(-c5ccc(-c6nc7ccccc7c7c6ccc6c8ccccc8oc67)cc5)cc4)nc4ccccc34)ccc2c1. The molecular formula is C49H29N3O. The minimum atomic E-state index is 0.710. The van der Waals surface area contributed by atoms with Crippen LogP contribution < -0.4 is 0 Å². The van der Waals surface area contributed by atoms with Crippen LogP contribution in [0.3, 0.4) is 0 Å². The van der Waals surface area contributed by atoms with Crippen LogP contribution in [0, 0.1) is 0 Å². The van der Waals surface area contributed by atoms with Gasteiger partial charge in [0.15, 0.2) is 5.82 Å². The molecular weight excluding hydrogens is 647 g/mol. The predicted molar refractivity (Wildman–Crippen MR) is 219 cm³/mol. The molecule has 0 spiro atoms. The fourth-order valence-electron chi connectivity index (χ4n) is 7.83. The molecule has 0 saturated heterocycles. The van der Waals surface area contributed by atoms with Gasteiger partial charge in [0.05, 0.1) is 22.4 Å². The molecule has 4 nitrogen and oxygen atoms in total. The second-order valence-corrected chi connectivity index (χ2v) is 13.6. The second kappa shape index (κ2) is 11.7. The number of fused-ring (bicyclic) bond motifs is 9. The van der Waals surface area contributed by atoms with E-state index in [0.29, 0.717) is 5.82 Å². The van der Waals surface area contributed by atoms with E-state index in [1.165, 1.54) is 10.8 Å². The third kappa shape index (κ3) is 4.80. The largest absolute Gasteiger partial charge is 0.455 e. The van der Waals surface area contributed by atoms with Gasteiger partial charge < -0.3 is 4.42 Å². The van der Waals surface area contributed by atoms with Crippen molar-refractivity contribution in [1.29, 1.82) is 0 Å². The van der Waals surface area contributed by atoms with Crippen molar-refractivity contribution < 1.29 is 4.42 Å². The summed E-state index contributed by atoms with van der Waals surface area (Å²) in [6.07, 6.45) is 0. The molecule has 3 heterocycles. The zero-order chi connectivity index (χ0) is 34.9. The predicted octanol–water partition coefficient (Wildman–Crippen LogP) is 13.1. The Hall–Kier alpha value is -7.17. The lowest BCUT2D eigenvalue weighted by atomic mass is 9.96. The Balaban J connectivity index is 0.968. The van der Waals surface area contributed by atoms with E-state index in [1.54, 1.807) is 0 Å². The molecule has 0 N–H and O–H groups in total. The molecule has 0 bridgehead atoms. The van der Waals surface area contributed by atoms with Gasteiger partial charge in [-0.1, -0.05) is 146 Å². The molecule has 0 aliphatic heterocycles. The van der Waals surface area contributed by atoms with Crippen molar-refractivity contribution in [2.45, 2.75) is 0 Å². The van der Waals surface area contributed by atoms with E-state index >= 15 is 0 Å². The Morgan fingerprint density at radius 3 is 1.70 bits per heavy atom. The number of nitrogens with zero attached hydrogens (tertiary/aromatic N) is 3. The number of pyridine rings is 1. The number of rotatable bonds is 4. The van der Waals surface area contributed by atoms with Crippen LogP contribution in [0.4, 0.5) is 0 Å². The molecule has 3 aromatic heterocycles. The van der Waals surface area contributed by atoms with Gasteiger partial charge in [-0.2, -0.15) is 0 Å². The first-order valence-corrected chi connectivity index (χ1v) is 17.9. The summed E-state index contributed by atoms with van der Waals surface area (Å²) in [6, 6.07) is 61.4. The van der Waals surface area contributed by atoms with Crippen LogP contribution in [-0.4, -0.2) is 15.0 Å². The Morgan fingerprint density at radius 1 is 0.340 bits per heavy atom. The monoisotopic (exact) mass is 675 g/mol. The van der Waals surface area contributed by atoms with Gasteiger partial charge in [-0.05, 0) is 52.2 Å². The van der Waals surface area contributed by atoms with Crippen molar-refractivity contribution in [3.63, 3.8) is 0 Å². The normalized spacial score (nSPS) is 11.8. The third-order valence-corrected chi connectivity index (χ3v) is 10.5. The Labute approximate surface area is 304 Å². The minimum absolute atomic E-state index is 0.710. The summed E-state index contributed by atoms with van der Waals surface area (Å²) in [5.41, 5.74) is 10.9. The maximum atomic E-state index is 6.51. The molecule has 8 aromatic carbocycles. The van der Waals surface area contributed by atoms with E-state index < -0.39 is 0 Å². The minimum Gasteiger partial charge on any atom is -0.455 e. The summed E-state index contributed by atoms with van der Waals surface area (Å²) in [6.45, 7) is 0. The van der Waals surface area contributed by atoms with Gasteiger partial charge in [0, 0.05) is 49.0 Å². The van der Waals surface area contributed by atoms with Crippen molar-refractivity contribution in [1.82, 2.24) is 15.0 Å². The van der Waals surface area contributed by atoms with Crippen molar-refractivity contribution in [3.8, 4) is 45.0 Å². The molecule has 11 aromatic rings. The van der Waals surface area contributed by atoms with E-state index in [-0.39, 0.29) is 0 Å². The lowest BCUT2D eigenvalue weighted by Crippen LogP contribution is -1.95. The zero-order valence-corrected chi connectivity index (χ0v) is 28.5. The average Bonchev–Trinajstić information content (AvgIpc) is 3.62. The molecule has 0 fully saturated rings. The molecule has 53 heavy (non-hydrogen) atoms. The van der Waals surface area contributed by atoms with Gasteiger partial charge >= 0.3 is 0 Å². The van der Waals surface area contributed by atoms with Crippen LogP contribution in [0.25, 0.3) is 110 Å². The topological polar surface area (TPSA) is 51.8 Å². The summed E-state index contributed by atoms with van der Waals surface area (Å²) in [5.74, 6) is 0.710. The lowest BCUT2D eigenvalue weighted by molar-refractivity contribution is 0.673. The fraction of sp³-hybridized carbons (Fsp3) is 0. The van der Waals surface area contributed by atoms with E-state index in [2.05, 4.69) is 146 Å². The van der Waals surface area contributed by atoms with Crippen LogP contribution in [0.1, 0.15) is 0 Å². The molecule has 0 aliphatic rings. The van der Waals surface area contributed by atoms with Gasteiger partial charge in [0.2, 0.25) is 0 Å². The third-order valence-electron chi connectivity index (χ3n) is 10.5. The molecule has 0 radical (unpaired) electrons. The Morgan fingerprint density at radius 2 is 0.906 bits per heavy atom. The van der Waals surface area contributed by atoms with Gasteiger partial charge in [-0.3, -0.25) is 0 Å². The van der Waals surface area contributed by atoms with Crippen molar-refractivity contribution in [2.24, 2.45) is 0 Å². The number of benzene rings is 8. The fourth-order valence-corrected chi connectivity index (χ4v) is 7.83. The summed E-state index contributed by atoms with van der Waals surface area (Å²) in [5, 5.41) is 8.95. The molecule has 0 unspecified atom stereocenters. The van der Waals surface area contributed by atoms with Crippen LogP contribution >= 0.6 is 0 Å². The Kier molecular flexibility index (Phi) is 6.52. The summed E-state index contributed by atoms with van der Waals surface area (Å²) >= 11 is 0. The number of aromatic nitrogens is 3. The van der Waals surface area contributed by atoms with Crippen LogP contribution in [0.15, 0.2) is 180 Å². The van der Waals surface area contributed by atoms with Crippen LogP contribution in [-0.2, 0) is 0 Å². The van der Waals surface area contributed by atoms with E-state index in [4.69, 9.17) is 19.4 Å². The van der Waals surface area contributed by atoms with Gasteiger partial charge in [0.25, 0.3) is 0 Å². The zero-order valence-electron chi connectivity index (χ0n) is 28.5. The molecule has 246 valence electrons. The molecule has 0 amide bonds. The number of furan rings is 1. The van der Waals surface area contributed by atoms with Crippen molar-refractivity contribution in [2.75, 3.05) is 0 Å². The maximum absolute atomic E-state index is 6.51. The van der Waals surface area contributed by atoms with E-state index in [1.807, 2.05) is 30.3 Å². The Bertz CT molecular complexity index is 3220. The smallest absolute Gasteiger partial charge is 0.160 e. The summed E-state index contributed by atoms with van der Waals surface area (Å²) < 4.78 is 6.51. The highest BCUT2D eigenvalue weighted by molar-refractivity contribution is 6.24. The maximum Gasteiger partial charge on any atom is 0.160 e. The lowest BCUT2D eigenvalue weighted by Gasteiger charge is -2.12. The molecule has 0 aliphatic carbocycles. The highest BCUT2D eigenvalue weighted by Crippen LogP contribution is 2.41. The highest BCUT2D eigenvalue weighted by atomic mass is 16.3. The molecule has 4 heteroatoms. The average molecular weight is 676 g/mol. The standard InChI is InChI=1S/C49H29N3O/c1-2-10-35-29-36(26-21-30(35)9-1)47-40-13-4-7-15-43(40)51-49(52-47)34-24-19-32(20-25-34)31-17-22-33(23-18-31)46-41-28-27-38-37-11-5-8-16-44(37)53-48(38)45(41)39-12-3-6-14-42(39)50-46/h1-29H. The van der Waals surface area contributed by atoms with Crippen molar-refractivity contribution in [3.05, 3.63) is 176 Å². The number of para-hydroxylation sites is 3. The first kappa shape index (κ1) is 29.5. The van der Waals surface area contributed by atoms with Crippen LogP contribution in [0.5, 0.6) is 0 Å². The van der Waals surface area contributed by atoms with Gasteiger partial charge in [-0.15, -0.1) is 0 Å². The molecule has 0 saturated carbocycles. The van der Waals surface area contributed by atoms with Crippen LogP contribution in [0.2, 0.25) is 0 Å². The number of hydrogen-bond acceptors (Lipinski definition) is 4. The van der Waals surface area contributed by atoms with Gasteiger partial charge in [-0.25, -0.2) is 15.0 Å². The van der Waals surface area contributed by atoms with E-state index in [9.17, 15) is 0 Å². The summed E-state index contributed by atoms with van der Waals surface area (Å²) in [7, 11) is 0. The first-order chi connectivity index (χ1) is 26.2. The first-order valence-electron chi connectivity index (χ1n) is 17.9. The summed E-state index contributed by atoms with van der Waals surface area (Å²) in [4.78, 5) is 15.3. The molecule has 11 rings (SSSR count). The second-order valence-electron chi connectivity index (χ2n) is 13.6.